The molecule has 0 bridgehead atoms. The maximum Gasteiger partial charge on any atom is 1.00 e. The first-order chi connectivity index (χ1) is 7.56. The van der Waals surface area contributed by atoms with Gasteiger partial charge in [-0.15, -0.1) is 0 Å². The minimum absolute atomic E-state index is 0. The van der Waals surface area contributed by atoms with Crippen LogP contribution in [0.1, 0.15) is 66.1 Å². The maximum atomic E-state index is 10.3. The Balaban J connectivity index is -0.00000112. The molecule has 0 aliphatic carbocycles. The number of rotatable bonds is 10. The van der Waals surface area contributed by atoms with Crippen molar-refractivity contribution >= 4 is 10.1 Å². The smallest absolute Gasteiger partial charge is 1.00 e. The van der Waals surface area contributed by atoms with Crippen LogP contribution in [0.25, 0.3) is 0 Å². The Morgan fingerprint density at radius 2 is 1.47 bits per heavy atom. The zero-order chi connectivity index (χ0) is 12.3. The van der Waals surface area contributed by atoms with E-state index in [1.807, 2.05) is 0 Å². The Kier molecular flexibility index (Phi) is 15.4. The van der Waals surface area contributed by atoms with Crippen LogP contribution >= 0.6 is 0 Å². The Morgan fingerprint density at radius 3 is 1.94 bits per heavy atom. The largest absolute Gasteiger partial charge is 1.00 e. The number of unbranched alkanes of at least 4 members (excludes halogenated alkanes) is 8. The Hall–Kier alpha value is 0.650. The average Bonchev–Trinajstić information content (AvgIpc) is 2.19. The van der Waals surface area contributed by atoms with E-state index in [0.717, 1.165) is 24.7 Å². The van der Waals surface area contributed by atoms with Gasteiger partial charge in [-0.05, 0) is 12.8 Å². The average molecular weight is 272 g/mol. The molecule has 0 spiro atoms. The van der Waals surface area contributed by atoms with Gasteiger partial charge in [-0.2, -0.15) is 8.42 Å². The summed E-state index contributed by atoms with van der Waals surface area (Å²) in [5.41, 5.74) is 0. The molecule has 0 saturated heterocycles. The van der Waals surface area contributed by atoms with Gasteiger partial charge < -0.3 is 1.43 Å². The van der Waals surface area contributed by atoms with Crippen LogP contribution in [0.3, 0.4) is 0 Å². The molecule has 0 atom stereocenters. The van der Waals surface area contributed by atoms with Gasteiger partial charge in [-0.25, -0.2) is 0 Å². The van der Waals surface area contributed by atoms with Crippen molar-refractivity contribution in [2.75, 3.05) is 0 Å². The molecule has 0 aromatic heterocycles. The van der Waals surface area contributed by atoms with Crippen LogP contribution in [0.4, 0.5) is 0 Å². The van der Waals surface area contributed by atoms with E-state index in [0.29, 0.717) is 0 Å². The fourth-order valence-electron chi connectivity index (χ4n) is 1.59. The summed E-state index contributed by atoms with van der Waals surface area (Å²) >= 11 is 0. The Morgan fingerprint density at radius 1 is 1.00 bits per heavy atom. The van der Waals surface area contributed by atoms with Gasteiger partial charge in [-0.3, -0.25) is 4.55 Å². The molecule has 1 N–H and O–H groups in total. The van der Waals surface area contributed by atoms with Crippen molar-refractivity contribution in [3.63, 3.8) is 0 Å². The van der Waals surface area contributed by atoms with Crippen molar-refractivity contribution in [1.82, 2.24) is 0 Å². The predicted octanol–water partition coefficient (Wildman–Crippen LogP) is 1.04. The molecule has 0 unspecified atom stereocenters. The first-order valence-corrected chi connectivity index (χ1v) is 7.70. The summed E-state index contributed by atoms with van der Waals surface area (Å²) in [6.45, 7) is 2.21. The second-order valence-electron chi connectivity index (χ2n) is 4.15. The molecule has 3 nitrogen and oxygen atoms in total. The number of allylic oxidation sites excluding steroid dienone is 1. The van der Waals surface area contributed by atoms with Crippen LogP contribution in [-0.4, -0.2) is 13.0 Å². The van der Waals surface area contributed by atoms with E-state index < -0.39 is 10.1 Å². The normalized spacial score (nSPS) is 11.6. The minimum Gasteiger partial charge on any atom is -1.00 e. The summed E-state index contributed by atoms with van der Waals surface area (Å²) in [5, 5.41) is 0.869. The fraction of sp³-hybridized carbons (Fsp3) is 0.833. The molecule has 0 aromatic carbocycles. The van der Waals surface area contributed by atoms with Gasteiger partial charge in [0, 0.05) is 0 Å². The molecule has 0 aromatic rings. The van der Waals surface area contributed by atoms with Gasteiger partial charge in [0.15, 0.2) is 0 Å². The first kappa shape index (κ1) is 20.0. The van der Waals surface area contributed by atoms with Gasteiger partial charge in [0.25, 0.3) is 10.1 Å². The van der Waals surface area contributed by atoms with Crippen molar-refractivity contribution in [3.05, 3.63) is 11.5 Å². The first-order valence-electron chi connectivity index (χ1n) is 6.20. The van der Waals surface area contributed by atoms with Crippen LogP contribution in [0.15, 0.2) is 11.5 Å². The zero-order valence-corrected chi connectivity index (χ0v) is 14.0. The van der Waals surface area contributed by atoms with E-state index in [1.54, 1.807) is 0 Å². The molecule has 0 fully saturated rings. The number of hydrogen-bond donors (Lipinski definition) is 1. The molecule has 0 aliphatic rings. The van der Waals surface area contributed by atoms with Crippen molar-refractivity contribution in [1.29, 1.82) is 0 Å². The van der Waals surface area contributed by atoms with Crippen LogP contribution in [0.2, 0.25) is 0 Å². The third-order valence-electron chi connectivity index (χ3n) is 2.49. The Bertz CT molecular complexity index is 279. The topological polar surface area (TPSA) is 54.4 Å². The molecule has 0 amide bonds. The molecule has 5 heteroatoms. The molecule has 0 rings (SSSR count). The summed E-state index contributed by atoms with van der Waals surface area (Å²) in [4.78, 5) is 0. The monoisotopic (exact) mass is 272 g/mol. The summed E-state index contributed by atoms with van der Waals surface area (Å²) in [6.07, 6.45) is 12.2. The second kappa shape index (κ2) is 13.1. The van der Waals surface area contributed by atoms with Crippen molar-refractivity contribution in [2.45, 2.75) is 64.7 Å². The van der Waals surface area contributed by atoms with Gasteiger partial charge in [0.1, 0.15) is 0 Å². The predicted molar refractivity (Wildman–Crippen MR) is 69.0 cm³/mol. The van der Waals surface area contributed by atoms with Crippen LogP contribution in [0.5, 0.6) is 0 Å². The Labute approximate surface area is 130 Å². The summed E-state index contributed by atoms with van der Waals surface area (Å²) in [6, 6.07) is 0. The third-order valence-corrected chi connectivity index (χ3v) is 3.03. The van der Waals surface area contributed by atoms with Crippen molar-refractivity contribution in [3.8, 4) is 0 Å². The minimum atomic E-state index is -3.91. The molecule has 98 valence electrons. The quantitative estimate of drug-likeness (QED) is 0.367. The van der Waals surface area contributed by atoms with Crippen molar-refractivity contribution < 1.29 is 44.0 Å². The van der Waals surface area contributed by atoms with Gasteiger partial charge in [0.2, 0.25) is 0 Å². The number of hydrogen-bond acceptors (Lipinski definition) is 2. The van der Waals surface area contributed by atoms with E-state index in [4.69, 9.17) is 4.55 Å². The summed E-state index contributed by atoms with van der Waals surface area (Å²) in [5.74, 6) is 0. The maximum absolute atomic E-state index is 10.3. The molecule has 0 heterocycles. The standard InChI is InChI=1S/C12H24O3S.Na.H/c1-2-3-4-5-6-7-8-9-10-11-12-16(13,14)15;;/h11-12H,2-10H2,1H3,(H,13,14,15);;/q;+1;-1/b12-11+;;. The molecule has 0 saturated carbocycles. The van der Waals surface area contributed by atoms with Gasteiger partial charge in [0.05, 0.1) is 5.41 Å². The second-order valence-corrected chi connectivity index (χ2v) is 5.45. The fourth-order valence-corrected chi connectivity index (χ4v) is 1.96. The van der Waals surface area contributed by atoms with E-state index >= 15 is 0 Å². The van der Waals surface area contributed by atoms with Gasteiger partial charge in [-0.1, -0.05) is 57.9 Å². The summed E-state index contributed by atoms with van der Waals surface area (Å²) < 4.78 is 29.1. The van der Waals surface area contributed by atoms with Crippen LogP contribution in [-0.2, 0) is 10.1 Å². The zero-order valence-electron chi connectivity index (χ0n) is 12.2. The SMILES string of the molecule is CCCCCCCCCC/C=C/S(=O)(=O)O.[H-].[Na+]. The van der Waals surface area contributed by atoms with Crippen LogP contribution < -0.4 is 29.6 Å². The molecule has 0 radical (unpaired) electrons. The van der Waals surface area contributed by atoms with E-state index in [-0.39, 0.29) is 31.0 Å². The van der Waals surface area contributed by atoms with Gasteiger partial charge >= 0.3 is 29.6 Å². The van der Waals surface area contributed by atoms with E-state index in [9.17, 15) is 8.42 Å². The third kappa shape index (κ3) is 19.2. The van der Waals surface area contributed by atoms with Crippen LogP contribution in [0, 0.1) is 0 Å². The summed E-state index contributed by atoms with van der Waals surface area (Å²) in [7, 11) is -3.91. The van der Waals surface area contributed by atoms with E-state index in [2.05, 4.69) is 6.92 Å². The van der Waals surface area contributed by atoms with E-state index in [1.165, 1.54) is 44.6 Å². The molecule has 17 heavy (non-hydrogen) atoms. The molecular weight excluding hydrogens is 247 g/mol. The van der Waals surface area contributed by atoms with Crippen molar-refractivity contribution in [2.24, 2.45) is 0 Å². The molecule has 0 aliphatic heterocycles. The molecular formula is C12H25NaO3S.